The fraction of sp³-hybridized carbons (Fsp3) is 0.190. The molecule has 0 aliphatic carbocycles. The van der Waals surface area contributed by atoms with Crippen molar-refractivity contribution in [1.29, 1.82) is 0 Å². The lowest BCUT2D eigenvalue weighted by molar-refractivity contribution is 0.0946. The molecule has 8 heteroatoms. The molecule has 3 N–H and O–H groups in total. The Kier molecular flexibility index (Phi) is 8.06. The minimum atomic E-state index is -0.627. The lowest BCUT2D eigenvalue weighted by Gasteiger charge is -2.10. The summed E-state index contributed by atoms with van der Waals surface area (Å²) in [6, 6.07) is 11.5. The van der Waals surface area contributed by atoms with Crippen LogP contribution >= 0.6 is 12.4 Å². The van der Waals surface area contributed by atoms with E-state index in [1.807, 2.05) is 31.2 Å². The number of carbonyl (C=O) groups is 1. The van der Waals surface area contributed by atoms with E-state index in [9.17, 15) is 9.18 Å². The third kappa shape index (κ3) is 6.23. The molecular formula is C21H22ClFN4O2. The minimum Gasteiger partial charge on any atom is -0.457 e. The Balaban J connectivity index is 0.00000300. The van der Waals surface area contributed by atoms with E-state index in [1.54, 1.807) is 12.4 Å². The predicted octanol–water partition coefficient (Wildman–Crippen LogP) is 3.57. The number of carbonyl (C=O) groups excluding carboxylic acids is 1. The van der Waals surface area contributed by atoms with Gasteiger partial charge in [0, 0.05) is 6.20 Å². The van der Waals surface area contributed by atoms with Crippen LogP contribution in [0, 0.1) is 12.7 Å². The zero-order chi connectivity index (χ0) is 19.9. The molecule has 0 fully saturated rings. The van der Waals surface area contributed by atoms with E-state index in [0.717, 1.165) is 17.7 Å². The van der Waals surface area contributed by atoms with Crippen LogP contribution in [-0.2, 0) is 13.0 Å². The number of nitrogens with zero attached hydrogens (tertiary/aromatic N) is 2. The summed E-state index contributed by atoms with van der Waals surface area (Å²) in [5.74, 6) is -0.219. The highest BCUT2D eigenvalue weighted by Gasteiger charge is 2.14. The number of hydrogen-bond acceptors (Lipinski definition) is 5. The summed E-state index contributed by atoms with van der Waals surface area (Å²) in [5.41, 5.74) is 7.91. The van der Waals surface area contributed by atoms with Crippen LogP contribution in [0.25, 0.3) is 0 Å². The average molecular weight is 417 g/mol. The average Bonchev–Trinajstić information content (AvgIpc) is 2.70. The lowest BCUT2D eigenvalue weighted by Crippen LogP contribution is -2.24. The smallest absolute Gasteiger partial charge is 0.254 e. The summed E-state index contributed by atoms with van der Waals surface area (Å²) in [7, 11) is 0. The van der Waals surface area contributed by atoms with Gasteiger partial charge in [-0.25, -0.2) is 4.39 Å². The zero-order valence-corrected chi connectivity index (χ0v) is 16.7. The van der Waals surface area contributed by atoms with E-state index in [4.69, 9.17) is 10.5 Å². The molecule has 1 amide bonds. The van der Waals surface area contributed by atoms with Crippen LogP contribution in [0.1, 0.15) is 27.3 Å². The van der Waals surface area contributed by atoms with Gasteiger partial charge in [0.2, 0.25) is 0 Å². The van der Waals surface area contributed by atoms with Gasteiger partial charge in [-0.15, -0.1) is 12.4 Å². The first-order valence-corrected chi connectivity index (χ1v) is 8.87. The van der Waals surface area contributed by atoms with E-state index >= 15 is 0 Å². The summed E-state index contributed by atoms with van der Waals surface area (Å²) in [4.78, 5) is 20.6. The molecule has 0 radical (unpaired) electrons. The first-order valence-electron chi connectivity index (χ1n) is 8.87. The third-order valence-electron chi connectivity index (χ3n) is 4.04. The SMILES string of the molecule is Cc1cnc(CNC(=O)c2cc(Oc3ccc(CCN)cc3)ccc2F)cn1.Cl. The van der Waals surface area contributed by atoms with Crippen LogP contribution in [-0.4, -0.2) is 22.4 Å². The van der Waals surface area contributed by atoms with Crippen LogP contribution in [0.4, 0.5) is 4.39 Å². The highest BCUT2D eigenvalue weighted by atomic mass is 35.5. The molecule has 0 spiro atoms. The van der Waals surface area contributed by atoms with E-state index in [-0.39, 0.29) is 24.5 Å². The largest absolute Gasteiger partial charge is 0.457 e. The summed E-state index contributed by atoms with van der Waals surface area (Å²) < 4.78 is 19.9. The topological polar surface area (TPSA) is 90.1 Å². The van der Waals surface area contributed by atoms with Crippen molar-refractivity contribution in [2.75, 3.05) is 6.54 Å². The van der Waals surface area contributed by atoms with Gasteiger partial charge in [-0.2, -0.15) is 0 Å². The van der Waals surface area contributed by atoms with Gasteiger partial charge < -0.3 is 15.8 Å². The van der Waals surface area contributed by atoms with Crippen LogP contribution in [0.2, 0.25) is 0 Å². The maximum atomic E-state index is 14.1. The highest BCUT2D eigenvalue weighted by molar-refractivity contribution is 5.94. The number of benzene rings is 2. The van der Waals surface area contributed by atoms with Gasteiger partial charge in [0.05, 0.1) is 29.7 Å². The van der Waals surface area contributed by atoms with Crippen molar-refractivity contribution in [3.8, 4) is 11.5 Å². The van der Waals surface area contributed by atoms with Gasteiger partial charge in [0.25, 0.3) is 5.91 Å². The number of nitrogens with one attached hydrogen (secondary N) is 1. The van der Waals surface area contributed by atoms with Crippen molar-refractivity contribution >= 4 is 18.3 Å². The Morgan fingerprint density at radius 3 is 2.48 bits per heavy atom. The van der Waals surface area contributed by atoms with Gasteiger partial charge in [-0.3, -0.25) is 14.8 Å². The van der Waals surface area contributed by atoms with Gasteiger partial charge >= 0.3 is 0 Å². The molecule has 6 nitrogen and oxygen atoms in total. The molecule has 0 atom stereocenters. The maximum Gasteiger partial charge on any atom is 0.254 e. The van der Waals surface area contributed by atoms with Gasteiger partial charge in [-0.1, -0.05) is 12.1 Å². The van der Waals surface area contributed by atoms with Crippen LogP contribution in [0.15, 0.2) is 54.9 Å². The van der Waals surface area contributed by atoms with Crippen molar-refractivity contribution in [3.63, 3.8) is 0 Å². The number of hydrogen-bond donors (Lipinski definition) is 2. The molecular weight excluding hydrogens is 395 g/mol. The zero-order valence-electron chi connectivity index (χ0n) is 15.9. The van der Waals surface area contributed by atoms with Crippen LogP contribution in [0.3, 0.4) is 0 Å². The number of halogens is 2. The van der Waals surface area contributed by atoms with E-state index < -0.39 is 11.7 Å². The van der Waals surface area contributed by atoms with Crippen molar-refractivity contribution in [2.45, 2.75) is 19.9 Å². The molecule has 0 aliphatic heterocycles. The van der Waals surface area contributed by atoms with Crippen molar-refractivity contribution in [3.05, 3.63) is 83.2 Å². The number of rotatable bonds is 7. The molecule has 0 unspecified atom stereocenters. The second-order valence-electron chi connectivity index (χ2n) is 6.26. The maximum absolute atomic E-state index is 14.1. The molecule has 2 aromatic carbocycles. The van der Waals surface area contributed by atoms with E-state index in [1.165, 1.54) is 18.2 Å². The summed E-state index contributed by atoms with van der Waals surface area (Å²) >= 11 is 0. The number of nitrogens with two attached hydrogens (primary N) is 1. The van der Waals surface area contributed by atoms with Crippen molar-refractivity contribution in [1.82, 2.24) is 15.3 Å². The molecule has 1 heterocycles. The molecule has 0 aliphatic rings. The lowest BCUT2D eigenvalue weighted by atomic mass is 10.1. The fourth-order valence-corrected chi connectivity index (χ4v) is 2.55. The fourth-order valence-electron chi connectivity index (χ4n) is 2.55. The molecule has 0 saturated carbocycles. The summed E-state index contributed by atoms with van der Waals surface area (Å²) in [5, 5.41) is 2.64. The second-order valence-corrected chi connectivity index (χ2v) is 6.26. The quantitative estimate of drug-likeness (QED) is 0.614. The number of amides is 1. The van der Waals surface area contributed by atoms with Crippen molar-refractivity contribution < 1.29 is 13.9 Å². The minimum absolute atomic E-state index is 0. The number of ether oxygens (including phenoxy) is 1. The summed E-state index contributed by atoms with van der Waals surface area (Å²) in [6.45, 7) is 2.55. The van der Waals surface area contributed by atoms with E-state index in [0.29, 0.717) is 23.7 Å². The van der Waals surface area contributed by atoms with Gasteiger partial charge in [0.15, 0.2) is 0 Å². The van der Waals surface area contributed by atoms with Gasteiger partial charge in [0.1, 0.15) is 17.3 Å². The third-order valence-corrected chi connectivity index (χ3v) is 4.04. The molecule has 3 aromatic rings. The van der Waals surface area contributed by atoms with Gasteiger partial charge in [-0.05, 0) is 55.8 Å². The van der Waals surface area contributed by atoms with Crippen molar-refractivity contribution in [2.24, 2.45) is 5.73 Å². The second kappa shape index (κ2) is 10.5. The highest BCUT2D eigenvalue weighted by Crippen LogP contribution is 2.24. The van der Waals surface area contributed by atoms with Crippen LogP contribution < -0.4 is 15.8 Å². The Morgan fingerprint density at radius 2 is 1.83 bits per heavy atom. The first-order chi connectivity index (χ1) is 13.5. The first kappa shape index (κ1) is 22.3. The monoisotopic (exact) mass is 416 g/mol. The standard InChI is InChI=1S/C21H21FN4O2.ClH/c1-14-11-25-16(12-24-14)13-26-21(27)19-10-18(6-7-20(19)22)28-17-4-2-15(3-5-17)8-9-23;/h2-7,10-12H,8-9,13,23H2,1H3,(H,26,27);1H. The molecule has 0 bridgehead atoms. The number of aromatic nitrogens is 2. The Hall–Kier alpha value is -3.03. The molecule has 0 saturated heterocycles. The molecule has 152 valence electrons. The molecule has 29 heavy (non-hydrogen) atoms. The van der Waals surface area contributed by atoms with Crippen LogP contribution in [0.5, 0.6) is 11.5 Å². The Labute approximate surface area is 174 Å². The number of aryl methyl sites for hydroxylation is 1. The molecule has 1 aromatic heterocycles. The normalized spacial score (nSPS) is 10.2. The van der Waals surface area contributed by atoms with E-state index in [2.05, 4.69) is 15.3 Å². The Bertz CT molecular complexity index is 950. The predicted molar refractivity (Wildman–Crippen MR) is 111 cm³/mol. The summed E-state index contributed by atoms with van der Waals surface area (Å²) in [6.07, 6.45) is 3.96. The molecule has 3 rings (SSSR count). The Morgan fingerprint density at radius 1 is 1.10 bits per heavy atom.